The van der Waals surface area contributed by atoms with Crippen molar-refractivity contribution in [2.45, 2.75) is 58.8 Å². The zero-order valence-corrected chi connectivity index (χ0v) is 15.1. The van der Waals surface area contributed by atoms with Crippen LogP contribution in [0.1, 0.15) is 57.1 Å². The van der Waals surface area contributed by atoms with E-state index in [1.807, 2.05) is 6.20 Å². The maximum Gasteiger partial charge on any atom is 0.130 e. The first-order valence-electron chi connectivity index (χ1n) is 9.54. The van der Waals surface area contributed by atoms with E-state index in [0.717, 1.165) is 29.8 Å². The van der Waals surface area contributed by atoms with Crippen molar-refractivity contribution in [2.75, 3.05) is 5.32 Å². The van der Waals surface area contributed by atoms with Crippen LogP contribution in [0.15, 0.2) is 42.6 Å². The van der Waals surface area contributed by atoms with Crippen LogP contribution >= 0.6 is 0 Å². The lowest BCUT2D eigenvalue weighted by Gasteiger charge is -2.20. The number of aryl methyl sites for hydroxylation is 2. The molecule has 2 aliphatic heterocycles. The number of benzene rings is 1. The van der Waals surface area contributed by atoms with Crippen molar-refractivity contribution in [3.63, 3.8) is 0 Å². The van der Waals surface area contributed by atoms with Crippen molar-refractivity contribution in [2.24, 2.45) is 11.8 Å². The van der Waals surface area contributed by atoms with E-state index in [9.17, 15) is 0 Å². The van der Waals surface area contributed by atoms with Crippen molar-refractivity contribution in [3.05, 3.63) is 53.7 Å². The molecule has 128 valence electrons. The molecule has 1 aromatic carbocycles. The molecule has 3 heterocycles. The fourth-order valence-corrected chi connectivity index (χ4v) is 3.80. The van der Waals surface area contributed by atoms with E-state index >= 15 is 0 Å². The van der Waals surface area contributed by atoms with Crippen molar-refractivity contribution in [1.82, 2.24) is 4.98 Å². The molecule has 24 heavy (non-hydrogen) atoms. The highest BCUT2D eigenvalue weighted by molar-refractivity contribution is 5.56. The highest BCUT2D eigenvalue weighted by Gasteiger charge is 2.13. The molecule has 1 aromatic heterocycles. The monoisotopic (exact) mass is 322 g/mol. The molecule has 2 unspecified atom stereocenters. The number of pyridine rings is 1. The fraction of sp³-hybridized carbons (Fsp3) is 0.500. The van der Waals surface area contributed by atoms with Gasteiger partial charge in [0.1, 0.15) is 5.82 Å². The first kappa shape index (κ1) is 17.0. The average molecular weight is 322 g/mol. The molecule has 0 saturated carbocycles. The molecule has 0 saturated heterocycles. The summed E-state index contributed by atoms with van der Waals surface area (Å²) >= 11 is 0. The summed E-state index contributed by atoms with van der Waals surface area (Å²) in [7, 11) is 0. The topological polar surface area (TPSA) is 24.9 Å². The summed E-state index contributed by atoms with van der Waals surface area (Å²) < 4.78 is 0. The Morgan fingerprint density at radius 2 is 1.88 bits per heavy atom. The van der Waals surface area contributed by atoms with Gasteiger partial charge >= 0.3 is 0 Å². The first-order chi connectivity index (χ1) is 11.7. The third-order valence-electron chi connectivity index (χ3n) is 5.37. The summed E-state index contributed by atoms with van der Waals surface area (Å²) in [5.74, 6) is 2.63. The van der Waals surface area contributed by atoms with Gasteiger partial charge in [-0.1, -0.05) is 38.8 Å². The van der Waals surface area contributed by atoms with Crippen LogP contribution in [-0.2, 0) is 12.8 Å². The minimum absolute atomic E-state index is 0.830. The Bertz CT molecular complexity index is 633. The van der Waals surface area contributed by atoms with Crippen LogP contribution in [0.2, 0.25) is 0 Å². The molecule has 4 bridgehead atoms. The second-order valence-corrected chi connectivity index (χ2v) is 7.42. The fourth-order valence-electron chi connectivity index (χ4n) is 3.80. The third-order valence-corrected chi connectivity index (χ3v) is 5.37. The predicted molar refractivity (Wildman–Crippen MR) is 103 cm³/mol. The zero-order valence-electron chi connectivity index (χ0n) is 15.1. The molecular weight excluding hydrogens is 292 g/mol. The molecule has 0 aliphatic carbocycles. The smallest absolute Gasteiger partial charge is 0.130 e. The van der Waals surface area contributed by atoms with Crippen LogP contribution in [0.25, 0.3) is 0 Å². The van der Waals surface area contributed by atoms with Crippen molar-refractivity contribution in [3.8, 4) is 0 Å². The molecule has 1 N–H and O–H groups in total. The molecule has 0 fully saturated rings. The van der Waals surface area contributed by atoms with Crippen molar-refractivity contribution < 1.29 is 0 Å². The van der Waals surface area contributed by atoms with E-state index in [0.29, 0.717) is 0 Å². The van der Waals surface area contributed by atoms with Crippen LogP contribution in [0, 0.1) is 11.8 Å². The van der Waals surface area contributed by atoms with Crippen LogP contribution in [0.4, 0.5) is 11.5 Å². The Morgan fingerprint density at radius 1 is 1.04 bits per heavy atom. The summed E-state index contributed by atoms with van der Waals surface area (Å²) in [6.07, 6.45) is 10.9. The van der Waals surface area contributed by atoms with Crippen molar-refractivity contribution >= 4 is 11.5 Å². The number of rotatable bonds is 1. The lowest BCUT2D eigenvalue weighted by molar-refractivity contribution is 0.342. The Balaban J connectivity index is 1.81. The molecule has 0 spiro atoms. The van der Waals surface area contributed by atoms with E-state index in [-0.39, 0.29) is 0 Å². The largest absolute Gasteiger partial charge is 0.340 e. The summed E-state index contributed by atoms with van der Waals surface area (Å²) in [5, 5.41) is 3.44. The van der Waals surface area contributed by atoms with Gasteiger partial charge in [0, 0.05) is 11.9 Å². The lowest BCUT2D eigenvalue weighted by atomic mass is 9.86. The van der Waals surface area contributed by atoms with Crippen LogP contribution in [0.3, 0.4) is 0 Å². The second-order valence-electron chi connectivity index (χ2n) is 7.42. The highest BCUT2D eigenvalue weighted by Crippen LogP contribution is 2.26. The van der Waals surface area contributed by atoms with Gasteiger partial charge in [0.2, 0.25) is 0 Å². The number of aromatic nitrogens is 1. The number of hydrogen-bond donors (Lipinski definition) is 1. The minimum Gasteiger partial charge on any atom is -0.340 e. The highest BCUT2D eigenvalue weighted by atomic mass is 15.0. The number of nitrogens with one attached hydrogen (secondary N) is 1. The molecular formula is C22H30N2. The van der Waals surface area contributed by atoms with E-state index in [4.69, 9.17) is 0 Å². The molecule has 2 nitrogen and oxygen atoms in total. The van der Waals surface area contributed by atoms with E-state index in [1.165, 1.54) is 49.7 Å². The number of nitrogens with zero attached hydrogens (tertiary/aromatic N) is 1. The summed E-state index contributed by atoms with van der Waals surface area (Å²) in [6, 6.07) is 13.2. The minimum atomic E-state index is 0.830. The van der Waals surface area contributed by atoms with E-state index < -0.39 is 0 Å². The SMILES string of the molecule is CCC1CCc2ccnc(c2)Nc2ccc(cc2)CCCC(C)C1. The van der Waals surface area contributed by atoms with Crippen LogP contribution in [0.5, 0.6) is 0 Å². The Hall–Kier alpha value is -1.83. The second kappa shape index (κ2) is 8.32. The van der Waals surface area contributed by atoms with Gasteiger partial charge in [-0.2, -0.15) is 0 Å². The molecule has 2 aliphatic rings. The Labute approximate surface area is 146 Å². The third kappa shape index (κ3) is 4.83. The molecule has 2 atom stereocenters. The van der Waals surface area contributed by atoms with Crippen LogP contribution < -0.4 is 5.32 Å². The van der Waals surface area contributed by atoms with Gasteiger partial charge in [-0.15, -0.1) is 0 Å². The maximum atomic E-state index is 4.47. The van der Waals surface area contributed by atoms with Gasteiger partial charge in [-0.3, -0.25) is 0 Å². The van der Waals surface area contributed by atoms with Gasteiger partial charge in [-0.25, -0.2) is 4.98 Å². The average Bonchev–Trinajstić information content (AvgIpc) is 2.60. The van der Waals surface area contributed by atoms with Gasteiger partial charge in [0.25, 0.3) is 0 Å². The molecule has 4 rings (SSSR count). The molecule has 2 heteroatoms. The summed E-state index contributed by atoms with van der Waals surface area (Å²) in [5.41, 5.74) is 3.95. The van der Waals surface area contributed by atoms with Crippen molar-refractivity contribution in [1.29, 1.82) is 0 Å². The Kier molecular flexibility index (Phi) is 5.90. The zero-order chi connectivity index (χ0) is 16.8. The summed E-state index contributed by atoms with van der Waals surface area (Å²) in [4.78, 5) is 4.47. The number of anilines is 2. The number of fused-ring (bicyclic) bond motifs is 9. The lowest BCUT2D eigenvalue weighted by Crippen LogP contribution is -2.08. The predicted octanol–water partition coefficient (Wildman–Crippen LogP) is 6.15. The summed E-state index contributed by atoms with van der Waals surface area (Å²) in [6.45, 7) is 4.78. The standard InChI is InChI=1S/C22H30N2/c1-3-18-7-8-20-13-14-23-22(16-20)24-21-11-9-19(10-12-21)6-4-5-17(2)15-18/h9-14,16-18H,3-8,15H2,1-2H3,(H,23,24). The number of hydrogen-bond acceptors (Lipinski definition) is 2. The van der Waals surface area contributed by atoms with Gasteiger partial charge in [0.15, 0.2) is 0 Å². The first-order valence-corrected chi connectivity index (χ1v) is 9.54. The van der Waals surface area contributed by atoms with E-state index in [2.05, 4.69) is 60.5 Å². The maximum absolute atomic E-state index is 4.47. The molecule has 0 radical (unpaired) electrons. The Morgan fingerprint density at radius 3 is 2.67 bits per heavy atom. The van der Waals surface area contributed by atoms with Crippen LogP contribution in [-0.4, -0.2) is 4.98 Å². The van der Waals surface area contributed by atoms with E-state index in [1.54, 1.807) is 0 Å². The quantitative estimate of drug-likeness (QED) is 0.681. The molecule has 0 amide bonds. The van der Waals surface area contributed by atoms with Gasteiger partial charge in [-0.05, 0) is 79.3 Å². The molecule has 2 aromatic rings. The van der Waals surface area contributed by atoms with Gasteiger partial charge < -0.3 is 5.32 Å². The normalized spacial score (nSPS) is 22.1. The van der Waals surface area contributed by atoms with Gasteiger partial charge in [0.05, 0.1) is 0 Å².